The Bertz CT molecular complexity index is 924. The van der Waals surface area contributed by atoms with E-state index in [2.05, 4.69) is 27.5 Å². The van der Waals surface area contributed by atoms with Crippen LogP contribution >= 0.6 is 0 Å². The molecule has 0 saturated carbocycles. The number of nitrogens with one attached hydrogen (secondary N) is 3. The molecule has 2 aromatic rings. The molecule has 0 aromatic heterocycles. The Hall–Kier alpha value is -2.22. The SMILES string of the molecule is CCC(C)NS(=O)(=O)c1ccc(C(=O)NCc2ccc3c(c2)CNC3)cc1. The molecule has 27 heavy (non-hydrogen) atoms. The van der Waals surface area contributed by atoms with Crippen LogP contribution in [0.1, 0.15) is 47.3 Å². The van der Waals surface area contributed by atoms with Gasteiger partial charge in [0.1, 0.15) is 0 Å². The van der Waals surface area contributed by atoms with E-state index in [0.717, 1.165) is 18.7 Å². The molecule has 0 saturated heterocycles. The first-order valence-electron chi connectivity index (χ1n) is 9.11. The van der Waals surface area contributed by atoms with Crippen molar-refractivity contribution in [1.29, 1.82) is 0 Å². The van der Waals surface area contributed by atoms with Gasteiger partial charge < -0.3 is 10.6 Å². The standard InChI is InChI=1S/C20H25N3O3S/c1-3-14(2)23-27(25,26)19-8-6-16(7-9-19)20(24)22-11-15-4-5-17-12-21-13-18(17)10-15/h4-10,14,21,23H,3,11-13H2,1-2H3,(H,22,24). The third-order valence-corrected chi connectivity index (χ3v) is 6.36. The summed E-state index contributed by atoms with van der Waals surface area (Å²) in [4.78, 5) is 12.5. The van der Waals surface area contributed by atoms with Gasteiger partial charge in [0, 0.05) is 31.2 Å². The van der Waals surface area contributed by atoms with E-state index in [1.54, 1.807) is 0 Å². The van der Waals surface area contributed by atoms with E-state index in [9.17, 15) is 13.2 Å². The monoisotopic (exact) mass is 387 g/mol. The maximum Gasteiger partial charge on any atom is 0.251 e. The normalized spacial score (nSPS) is 14.6. The molecular weight excluding hydrogens is 362 g/mol. The summed E-state index contributed by atoms with van der Waals surface area (Å²) in [6.45, 7) is 5.91. The quantitative estimate of drug-likeness (QED) is 0.680. The Kier molecular flexibility index (Phi) is 5.94. The molecule has 2 aromatic carbocycles. The summed E-state index contributed by atoms with van der Waals surface area (Å²) in [7, 11) is -3.56. The Morgan fingerprint density at radius 3 is 2.52 bits per heavy atom. The van der Waals surface area contributed by atoms with Crippen LogP contribution in [0.25, 0.3) is 0 Å². The number of carbonyl (C=O) groups is 1. The van der Waals surface area contributed by atoms with Gasteiger partial charge in [0.15, 0.2) is 0 Å². The molecule has 6 nitrogen and oxygen atoms in total. The highest BCUT2D eigenvalue weighted by atomic mass is 32.2. The van der Waals surface area contributed by atoms with Crippen LogP contribution in [0.3, 0.4) is 0 Å². The van der Waals surface area contributed by atoms with Gasteiger partial charge in [-0.25, -0.2) is 13.1 Å². The van der Waals surface area contributed by atoms with E-state index >= 15 is 0 Å². The first-order valence-corrected chi connectivity index (χ1v) is 10.6. The summed E-state index contributed by atoms with van der Waals surface area (Å²) in [5.41, 5.74) is 4.04. The number of amides is 1. The molecule has 144 valence electrons. The fourth-order valence-electron chi connectivity index (χ4n) is 2.94. The van der Waals surface area contributed by atoms with Crippen molar-refractivity contribution in [2.45, 2.75) is 50.8 Å². The highest BCUT2D eigenvalue weighted by Crippen LogP contribution is 2.17. The largest absolute Gasteiger partial charge is 0.348 e. The molecule has 1 unspecified atom stereocenters. The van der Waals surface area contributed by atoms with E-state index in [4.69, 9.17) is 0 Å². The lowest BCUT2D eigenvalue weighted by atomic mass is 10.1. The lowest BCUT2D eigenvalue weighted by molar-refractivity contribution is 0.0951. The fraction of sp³-hybridized carbons (Fsp3) is 0.350. The van der Waals surface area contributed by atoms with Crippen LogP contribution in [-0.4, -0.2) is 20.4 Å². The van der Waals surface area contributed by atoms with Gasteiger partial charge in [-0.3, -0.25) is 4.79 Å². The highest BCUT2D eigenvalue weighted by Gasteiger charge is 2.17. The van der Waals surface area contributed by atoms with Crippen LogP contribution in [0, 0.1) is 0 Å². The van der Waals surface area contributed by atoms with Crippen molar-refractivity contribution in [2.75, 3.05) is 0 Å². The van der Waals surface area contributed by atoms with Crippen molar-refractivity contribution in [3.8, 4) is 0 Å². The summed E-state index contributed by atoms with van der Waals surface area (Å²) in [5.74, 6) is -0.229. The van der Waals surface area contributed by atoms with Gasteiger partial charge in [-0.05, 0) is 54.3 Å². The fourth-order valence-corrected chi connectivity index (χ4v) is 4.27. The average molecular weight is 388 g/mol. The van der Waals surface area contributed by atoms with E-state index in [1.807, 2.05) is 19.9 Å². The summed E-state index contributed by atoms with van der Waals surface area (Å²) in [6.07, 6.45) is 0.707. The molecule has 3 rings (SSSR count). The zero-order chi connectivity index (χ0) is 19.4. The Morgan fingerprint density at radius 2 is 1.81 bits per heavy atom. The zero-order valence-corrected chi connectivity index (χ0v) is 16.4. The first-order chi connectivity index (χ1) is 12.9. The lowest BCUT2D eigenvalue weighted by Crippen LogP contribution is -2.32. The van der Waals surface area contributed by atoms with E-state index in [0.29, 0.717) is 18.5 Å². The van der Waals surface area contributed by atoms with Gasteiger partial charge in [-0.2, -0.15) is 0 Å². The molecule has 0 fully saturated rings. The molecule has 0 spiro atoms. The number of hydrogen-bond acceptors (Lipinski definition) is 4. The van der Waals surface area contributed by atoms with Crippen molar-refractivity contribution < 1.29 is 13.2 Å². The lowest BCUT2D eigenvalue weighted by Gasteiger charge is -2.12. The van der Waals surface area contributed by atoms with Gasteiger partial charge >= 0.3 is 0 Å². The third-order valence-electron chi connectivity index (χ3n) is 4.75. The van der Waals surface area contributed by atoms with Crippen LogP contribution in [0.2, 0.25) is 0 Å². The van der Waals surface area contributed by atoms with Crippen molar-refractivity contribution in [3.05, 3.63) is 64.7 Å². The second-order valence-corrected chi connectivity index (χ2v) is 8.56. The number of carbonyl (C=O) groups excluding carboxylic acids is 1. The summed E-state index contributed by atoms with van der Waals surface area (Å²) in [5, 5.41) is 6.18. The molecule has 3 N–H and O–H groups in total. The molecule has 1 aliphatic rings. The molecule has 1 atom stereocenters. The molecule has 0 aliphatic carbocycles. The maximum atomic E-state index is 12.3. The van der Waals surface area contributed by atoms with Crippen molar-refractivity contribution in [1.82, 2.24) is 15.4 Å². The highest BCUT2D eigenvalue weighted by molar-refractivity contribution is 7.89. The minimum atomic E-state index is -3.56. The van der Waals surface area contributed by atoms with Gasteiger partial charge in [-0.15, -0.1) is 0 Å². The Labute approximate surface area is 160 Å². The predicted octanol–water partition coefficient (Wildman–Crippen LogP) is 2.30. The Balaban J connectivity index is 1.62. The van der Waals surface area contributed by atoms with Crippen LogP contribution in [0.4, 0.5) is 0 Å². The number of benzene rings is 2. The summed E-state index contributed by atoms with van der Waals surface area (Å²) < 4.78 is 27.1. The van der Waals surface area contributed by atoms with Crippen LogP contribution in [0.15, 0.2) is 47.4 Å². The Morgan fingerprint density at radius 1 is 1.11 bits per heavy atom. The van der Waals surface area contributed by atoms with E-state index in [1.165, 1.54) is 35.4 Å². The van der Waals surface area contributed by atoms with Crippen LogP contribution < -0.4 is 15.4 Å². The number of fused-ring (bicyclic) bond motifs is 1. The minimum Gasteiger partial charge on any atom is -0.348 e. The number of rotatable bonds is 7. The zero-order valence-electron chi connectivity index (χ0n) is 15.6. The smallest absolute Gasteiger partial charge is 0.251 e. The van der Waals surface area contributed by atoms with Gasteiger partial charge in [0.25, 0.3) is 5.91 Å². The molecule has 0 bridgehead atoms. The second kappa shape index (κ2) is 8.21. The minimum absolute atomic E-state index is 0.138. The third kappa shape index (κ3) is 4.74. The summed E-state index contributed by atoms with van der Waals surface area (Å²) in [6, 6.07) is 12.1. The predicted molar refractivity (Wildman–Crippen MR) is 105 cm³/mol. The van der Waals surface area contributed by atoms with Crippen molar-refractivity contribution in [2.24, 2.45) is 0 Å². The summed E-state index contributed by atoms with van der Waals surface area (Å²) >= 11 is 0. The maximum absolute atomic E-state index is 12.3. The van der Waals surface area contributed by atoms with Gasteiger partial charge in [-0.1, -0.05) is 25.1 Å². The van der Waals surface area contributed by atoms with Crippen LogP contribution in [0.5, 0.6) is 0 Å². The second-order valence-electron chi connectivity index (χ2n) is 6.84. The van der Waals surface area contributed by atoms with Gasteiger partial charge in [0.05, 0.1) is 4.90 Å². The molecule has 7 heteroatoms. The number of hydrogen-bond donors (Lipinski definition) is 3. The van der Waals surface area contributed by atoms with Crippen molar-refractivity contribution in [3.63, 3.8) is 0 Å². The van der Waals surface area contributed by atoms with E-state index < -0.39 is 10.0 Å². The van der Waals surface area contributed by atoms with Crippen molar-refractivity contribution >= 4 is 15.9 Å². The topological polar surface area (TPSA) is 87.3 Å². The van der Waals surface area contributed by atoms with Crippen LogP contribution in [-0.2, 0) is 29.7 Å². The molecular formula is C20H25N3O3S. The molecule has 1 heterocycles. The van der Waals surface area contributed by atoms with Gasteiger partial charge in [0.2, 0.25) is 10.0 Å². The molecule has 1 amide bonds. The number of sulfonamides is 1. The van der Waals surface area contributed by atoms with E-state index in [-0.39, 0.29) is 16.8 Å². The molecule has 0 radical (unpaired) electrons. The average Bonchev–Trinajstić information content (AvgIpc) is 3.13. The molecule has 1 aliphatic heterocycles. The first kappa shape index (κ1) is 19.5.